The third kappa shape index (κ3) is 4.44. The molecule has 0 aliphatic carbocycles. The first-order chi connectivity index (χ1) is 9.66. The summed E-state index contributed by atoms with van der Waals surface area (Å²) in [6, 6.07) is 4.94. The summed E-state index contributed by atoms with van der Waals surface area (Å²) in [5.41, 5.74) is 0.866. The SMILES string of the molecule is O=[N+]([O-])c1cc(CNCCCN2CCCC2)ccc1Cl. The predicted octanol–water partition coefficient (Wildman–Crippen LogP) is 2.82. The Hall–Kier alpha value is -1.17. The van der Waals surface area contributed by atoms with E-state index in [4.69, 9.17) is 11.6 Å². The Morgan fingerprint density at radius 2 is 2.10 bits per heavy atom. The van der Waals surface area contributed by atoms with Crippen LogP contribution >= 0.6 is 11.6 Å². The molecule has 1 aliphatic heterocycles. The van der Waals surface area contributed by atoms with E-state index in [0.717, 1.165) is 25.1 Å². The molecule has 0 atom stereocenters. The van der Waals surface area contributed by atoms with Gasteiger partial charge in [0.25, 0.3) is 5.69 Å². The van der Waals surface area contributed by atoms with Crippen molar-refractivity contribution in [2.45, 2.75) is 25.8 Å². The summed E-state index contributed by atoms with van der Waals surface area (Å²) in [6.45, 7) is 5.14. The number of hydrogen-bond donors (Lipinski definition) is 1. The average Bonchev–Trinajstić information content (AvgIpc) is 2.93. The van der Waals surface area contributed by atoms with Gasteiger partial charge < -0.3 is 10.2 Å². The van der Waals surface area contributed by atoms with Crippen LogP contribution in [0.15, 0.2) is 18.2 Å². The van der Waals surface area contributed by atoms with E-state index in [9.17, 15) is 10.1 Å². The van der Waals surface area contributed by atoms with Crippen molar-refractivity contribution < 1.29 is 4.92 Å². The standard InChI is InChI=1S/C14H20ClN3O2/c15-13-5-4-12(10-14(13)18(19)20)11-16-6-3-9-17-7-1-2-8-17/h4-5,10,16H,1-3,6-9,11H2. The van der Waals surface area contributed by atoms with Crippen molar-refractivity contribution >= 4 is 17.3 Å². The van der Waals surface area contributed by atoms with Crippen LogP contribution in [0.4, 0.5) is 5.69 Å². The van der Waals surface area contributed by atoms with Crippen LogP contribution in [0, 0.1) is 10.1 Å². The number of hydrogen-bond acceptors (Lipinski definition) is 4. The Morgan fingerprint density at radius 3 is 2.80 bits per heavy atom. The van der Waals surface area contributed by atoms with Gasteiger partial charge >= 0.3 is 0 Å². The molecule has 0 unspecified atom stereocenters. The lowest BCUT2D eigenvalue weighted by Crippen LogP contribution is -2.24. The first kappa shape index (κ1) is 15.2. The van der Waals surface area contributed by atoms with E-state index >= 15 is 0 Å². The van der Waals surface area contributed by atoms with Crippen LogP contribution in [-0.2, 0) is 6.54 Å². The molecular weight excluding hydrogens is 278 g/mol. The highest BCUT2D eigenvalue weighted by Crippen LogP contribution is 2.24. The molecule has 20 heavy (non-hydrogen) atoms. The summed E-state index contributed by atoms with van der Waals surface area (Å²) in [5.74, 6) is 0. The van der Waals surface area contributed by atoms with Gasteiger partial charge in [0.05, 0.1) is 4.92 Å². The monoisotopic (exact) mass is 297 g/mol. The van der Waals surface area contributed by atoms with Gasteiger partial charge in [0, 0.05) is 12.6 Å². The molecule has 110 valence electrons. The number of rotatable bonds is 7. The van der Waals surface area contributed by atoms with E-state index in [0.29, 0.717) is 6.54 Å². The molecule has 1 fully saturated rings. The highest BCUT2D eigenvalue weighted by molar-refractivity contribution is 6.32. The molecule has 1 saturated heterocycles. The second-order valence-corrected chi connectivity index (χ2v) is 5.53. The molecule has 0 aromatic heterocycles. The number of halogens is 1. The largest absolute Gasteiger partial charge is 0.313 e. The van der Waals surface area contributed by atoms with Crippen molar-refractivity contribution in [2.24, 2.45) is 0 Å². The Balaban J connectivity index is 1.71. The molecule has 0 radical (unpaired) electrons. The zero-order chi connectivity index (χ0) is 14.4. The Kier molecular flexibility index (Phi) is 5.76. The van der Waals surface area contributed by atoms with E-state index in [2.05, 4.69) is 10.2 Å². The minimum Gasteiger partial charge on any atom is -0.313 e. The minimum atomic E-state index is -0.445. The van der Waals surface area contributed by atoms with E-state index in [1.165, 1.54) is 32.0 Å². The van der Waals surface area contributed by atoms with Crippen LogP contribution in [0.25, 0.3) is 0 Å². The summed E-state index contributed by atoms with van der Waals surface area (Å²) in [6.07, 6.45) is 3.75. The van der Waals surface area contributed by atoms with Crippen molar-refractivity contribution in [3.63, 3.8) is 0 Å². The van der Waals surface area contributed by atoms with Gasteiger partial charge in [-0.1, -0.05) is 17.7 Å². The van der Waals surface area contributed by atoms with Crippen molar-refractivity contribution in [1.29, 1.82) is 0 Å². The van der Waals surface area contributed by atoms with E-state index in [-0.39, 0.29) is 10.7 Å². The number of nitro benzene ring substituents is 1. The van der Waals surface area contributed by atoms with Gasteiger partial charge in [-0.2, -0.15) is 0 Å². The van der Waals surface area contributed by atoms with Gasteiger partial charge in [0.15, 0.2) is 0 Å². The molecular formula is C14H20ClN3O2. The normalized spacial score (nSPS) is 15.7. The topological polar surface area (TPSA) is 58.4 Å². The quantitative estimate of drug-likeness (QED) is 0.478. The van der Waals surface area contributed by atoms with E-state index in [1.807, 2.05) is 6.07 Å². The number of benzene rings is 1. The number of nitrogens with one attached hydrogen (secondary N) is 1. The highest BCUT2D eigenvalue weighted by atomic mass is 35.5. The van der Waals surface area contributed by atoms with Gasteiger partial charge in [-0.3, -0.25) is 10.1 Å². The zero-order valence-corrected chi connectivity index (χ0v) is 12.2. The fourth-order valence-electron chi connectivity index (χ4n) is 2.47. The third-order valence-electron chi connectivity index (χ3n) is 3.56. The molecule has 0 bridgehead atoms. The van der Waals surface area contributed by atoms with Crippen molar-refractivity contribution in [3.8, 4) is 0 Å². The zero-order valence-electron chi connectivity index (χ0n) is 11.5. The van der Waals surface area contributed by atoms with Crippen molar-refractivity contribution in [2.75, 3.05) is 26.2 Å². The lowest BCUT2D eigenvalue weighted by Gasteiger charge is -2.14. The fourth-order valence-corrected chi connectivity index (χ4v) is 2.66. The van der Waals surface area contributed by atoms with Crippen molar-refractivity contribution in [3.05, 3.63) is 38.9 Å². The lowest BCUT2D eigenvalue weighted by molar-refractivity contribution is -0.384. The minimum absolute atomic E-state index is 0.0250. The second-order valence-electron chi connectivity index (χ2n) is 5.12. The van der Waals surface area contributed by atoms with Crippen LogP contribution < -0.4 is 5.32 Å². The molecule has 1 heterocycles. The molecule has 1 aromatic carbocycles. The first-order valence-corrected chi connectivity index (χ1v) is 7.40. The maximum absolute atomic E-state index is 10.8. The second kappa shape index (κ2) is 7.57. The number of nitrogens with zero attached hydrogens (tertiary/aromatic N) is 2. The van der Waals surface area contributed by atoms with Gasteiger partial charge in [0.2, 0.25) is 0 Å². The van der Waals surface area contributed by atoms with Gasteiger partial charge in [-0.15, -0.1) is 0 Å². The Bertz CT molecular complexity index is 462. The molecule has 1 N–H and O–H groups in total. The number of nitro groups is 1. The van der Waals surface area contributed by atoms with Crippen LogP contribution in [0.1, 0.15) is 24.8 Å². The van der Waals surface area contributed by atoms with E-state index in [1.54, 1.807) is 6.07 Å². The van der Waals surface area contributed by atoms with Crippen LogP contribution in [0.3, 0.4) is 0 Å². The third-order valence-corrected chi connectivity index (χ3v) is 3.88. The maximum atomic E-state index is 10.8. The number of likely N-dealkylation sites (tertiary alicyclic amines) is 1. The molecule has 1 aliphatic rings. The molecule has 5 nitrogen and oxygen atoms in total. The summed E-state index contributed by atoms with van der Waals surface area (Å²) in [4.78, 5) is 12.8. The van der Waals surface area contributed by atoms with E-state index < -0.39 is 4.92 Å². The summed E-state index contributed by atoms with van der Waals surface area (Å²) in [7, 11) is 0. The van der Waals surface area contributed by atoms with Gasteiger partial charge in [-0.05, 0) is 57.1 Å². The molecule has 1 aromatic rings. The Labute approximate surface area is 124 Å². The average molecular weight is 298 g/mol. The first-order valence-electron chi connectivity index (χ1n) is 7.03. The van der Waals surface area contributed by atoms with Crippen molar-refractivity contribution in [1.82, 2.24) is 10.2 Å². The molecule has 2 rings (SSSR count). The van der Waals surface area contributed by atoms with Gasteiger partial charge in [-0.25, -0.2) is 0 Å². The molecule has 0 saturated carbocycles. The smallest absolute Gasteiger partial charge is 0.288 e. The van der Waals surface area contributed by atoms with Crippen LogP contribution in [0.2, 0.25) is 5.02 Å². The van der Waals surface area contributed by atoms with Crippen LogP contribution in [-0.4, -0.2) is 36.0 Å². The lowest BCUT2D eigenvalue weighted by atomic mass is 10.2. The maximum Gasteiger partial charge on any atom is 0.288 e. The summed E-state index contributed by atoms with van der Waals surface area (Å²) < 4.78 is 0. The van der Waals surface area contributed by atoms with Crippen LogP contribution in [0.5, 0.6) is 0 Å². The fraction of sp³-hybridized carbons (Fsp3) is 0.571. The van der Waals surface area contributed by atoms with Gasteiger partial charge in [0.1, 0.15) is 5.02 Å². The summed E-state index contributed by atoms with van der Waals surface area (Å²) >= 11 is 5.78. The Morgan fingerprint density at radius 1 is 1.35 bits per heavy atom. The summed E-state index contributed by atoms with van der Waals surface area (Å²) in [5, 5.41) is 14.3. The molecule has 0 amide bonds. The predicted molar refractivity (Wildman–Crippen MR) is 80.1 cm³/mol. The molecule has 6 heteroatoms. The molecule has 0 spiro atoms. The highest BCUT2D eigenvalue weighted by Gasteiger charge is 2.12.